The monoisotopic (exact) mass is 394 g/mol. The molecule has 4 rings (SSSR count). The first-order valence-electron chi connectivity index (χ1n) is 10.2. The summed E-state index contributed by atoms with van der Waals surface area (Å²) < 4.78 is 0. The molecule has 1 aromatic carbocycles. The van der Waals surface area contributed by atoms with Crippen molar-refractivity contribution in [3.8, 4) is 0 Å². The van der Waals surface area contributed by atoms with E-state index in [4.69, 9.17) is 5.73 Å². The number of anilines is 4. The Bertz CT molecular complexity index is 939. The van der Waals surface area contributed by atoms with Crippen LogP contribution in [0.4, 0.5) is 23.3 Å². The van der Waals surface area contributed by atoms with Gasteiger partial charge in [0.1, 0.15) is 11.6 Å². The number of nitrogens with one attached hydrogen (secondary N) is 2. The van der Waals surface area contributed by atoms with Crippen LogP contribution in [-0.2, 0) is 16.0 Å². The normalized spacial score (nSPS) is 18.7. The van der Waals surface area contributed by atoms with Gasteiger partial charge in [-0.05, 0) is 37.3 Å². The number of carbonyl (C=O) groups is 2. The first-order chi connectivity index (χ1) is 14.1. The second-order valence-electron chi connectivity index (χ2n) is 7.52. The zero-order chi connectivity index (χ0) is 20.4. The van der Waals surface area contributed by atoms with E-state index in [1.165, 1.54) is 6.42 Å². The van der Waals surface area contributed by atoms with Crippen molar-refractivity contribution in [2.24, 2.45) is 0 Å². The number of piperidine rings is 1. The molecule has 0 bridgehead atoms. The molecular formula is C21H26N6O2. The Labute approximate surface area is 169 Å². The maximum atomic E-state index is 13.1. The Morgan fingerprint density at radius 1 is 1.24 bits per heavy atom. The third-order valence-corrected chi connectivity index (χ3v) is 5.57. The van der Waals surface area contributed by atoms with Gasteiger partial charge in [-0.3, -0.25) is 9.59 Å². The maximum Gasteiger partial charge on any atom is 0.232 e. The van der Waals surface area contributed by atoms with Gasteiger partial charge >= 0.3 is 0 Å². The average Bonchev–Trinajstić information content (AvgIpc) is 2.73. The predicted octanol–water partition coefficient (Wildman–Crippen LogP) is 2.68. The molecule has 0 spiro atoms. The fourth-order valence-corrected chi connectivity index (χ4v) is 4.01. The number of fused-ring (bicyclic) bond motifs is 1. The first kappa shape index (κ1) is 19.2. The Balaban J connectivity index is 1.64. The third kappa shape index (κ3) is 3.87. The second kappa shape index (κ2) is 8.06. The average molecular weight is 394 g/mol. The van der Waals surface area contributed by atoms with E-state index >= 15 is 0 Å². The molecule has 0 aliphatic carbocycles. The van der Waals surface area contributed by atoms with E-state index in [1.54, 1.807) is 0 Å². The highest BCUT2D eigenvalue weighted by Gasteiger charge is 2.35. The summed E-state index contributed by atoms with van der Waals surface area (Å²) in [5, 5.41) is 5.73. The van der Waals surface area contributed by atoms with Crippen LogP contribution in [0.2, 0.25) is 0 Å². The first-order valence-corrected chi connectivity index (χ1v) is 10.2. The van der Waals surface area contributed by atoms with Crippen LogP contribution in [0.15, 0.2) is 24.3 Å². The van der Waals surface area contributed by atoms with E-state index in [0.717, 1.165) is 43.6 Å². The number of nitrogens with two attached hydrogens (primary N) is 1. The van der Waals surface area contributed by atoms with Gasteiger partial charge in [-0.15, -0.1) is 0 Å². The summed E-state index contributed by atoms with van der Waals surface area (Å²) in [6, 6.07) is 7.64. The number of nitrogen functional groups attached to an aromatic ring is 1. The van der Waals surface area contributed by atoms with Gasteiger partial charge in [0.25, 0.3) is 0 Å². The molecule has 0 radical (unpaired) electrons. The Hall–Kier alpha value is -3.16. The van der Waals surface area contributed by atoms with Gasteiger partial charge in [-0.25, -0.2) is 0 Å². The van der Waals surface area contributed by atoms with Gasteiger partial charge in [0.15, 0.2) is 0 Å². The number of carbonyl (C=O) groups excluding carboxylic acids is 2. The third-order valence-electron chi connectivity index (χ3n) is 5.57. The van der Waals surface area contributed by atoms with Crippen molar-refractivity contribution in [1.82, 2.24) is 9.97 Å². The Kier molecular flexibility index (Phi) is 5.33. The van der Waals surface area contributed by atoms with E-state index in [0.29, 0.717) is 17.3 Å². The van der Waals surface area contributed by atoms with Gasteiger partial charge in [0, 0.05) is 25.2 Å². The number of benzene rings is 1. The van der Waals surface area contributed by atoms with E-state index in [1.807, 2.05) is 31.2 Å². The molecule has 4 N–H and O–H groups in total. The van der Waals surface area contributed by atoms with Crippen LogP contribution in [0.25, 0.3) is 0 Å². The highest BCUT2D eigenvalue weighted by Crippen LogP contribution is 2.37. The number of aryl methyl sites for hydroxylation is 1. The highest BCUT2D eigenvalue weighted by atomic mass is 16.2. The molecule has 8 heteroatoms. The summed E-state index contributed by atoms with van der Waals surface area (Å²) in [6.45, 7) is 3.76. The topological polar surface area (TPSA) is 113 Å². The number of amides is 2. The fraction of sp³-hybridized carbons (Fsp3) is 0.429. The van der Waals surface area contributed by atoms with Crippen LogP contribution in [-0.4, -0.2) is 34.9 Å². The number of hydrogen-bond donors (Lipinski definition) is 3. The largest absolute Gasteiger partial charge is 0.383 e. The molecule has 2 aliphatic heterocycles. The Morgan fingerprint density at radius 3 is 2.76 bits per heavy atom. The molecule has 0 unspecified atom stereocenters. The van der Waals surface area contributed by atoms with Crippen LogP contribution >= 0.6 is 0 Å². The number of rotatable bonds is 4. The summed E-state index contributed by atoms with van der Waals surface area (Å²) >= 11 is 0. The van der Waals surface area contributed by atoms with Crippen molar-refractivity contribution in [3.05, 3.63) is 35.4 Å². The summed E-state index contributed by atoms with van der Waals surface area (Å²) in [4.78, 5) is 36.5. The molecule has 152 valence electrons. The lowest BCUT2D eigenvalue weighted by atomic mass is 9.91. The quantitative estimate of drug-likeness (QED) is 0.735. The number of para-hydroxylation sites is 1. The molecule has 2 amide bonds. The molecule has 3 heterocycles. The number of hydrogen-bond acceptors (Lipinski definition) is 6. The van der Waals surface area contributed by atoms with Crippen LogP contribution in [0, 0.1) is 0 Å². The Morgan fingerprint density at radius 2 is 2.00 bits per heavy atom. The van der Waals surface area contributed by atoms with Gasteiger partial charge < -0.3 is 21.3 Å². The molecule has 1 fully saturated rings. The number of nitrogens with zero attached hydrogens (tertiary/aromatic N) is 3. The minimum Gasteiger partial charge on any atom is -0.383 e. The lowest BCUT2D eigenvalue weighted by molar-refractivity contribution is -0.123. The molecule has 2 aromatic rings. The number of aromatic nitrogens is 2. The van der Waals surface area contributed by atoms with Crippen molar-refractivity contribution < 1.29 is 9.59 Å². The van der Waals surface area contributed by atoms with Crippen LogP contribution in [0.3, 0.4) is 0 Å². The predicted molar refractivity (Wildman–Crippen MR) is 113 cm³/mol. The van der Waals surface area contributed by atoms with E-state index in [2.05, 4.69) is 25.5 Å². The molecule has 8 nitrogen and oxygen atoms in total. The van der Waals surface area contributed by atoms with Gasteiger partial charge in [-0.2, -0.15) is 9.97 Å². The summed E-state index contributed by atoms with van der Waals surface area (Å²) in [5.74, 6) is -0.136. The zero-order valence-electron chi connectivity index (χ0n) is 16.6. The summed E-state index contributed by atoms with van der Waals surface area (Å²) in [6.07, 6.45) is 4.16. The molecular weight excluding hydrogens is 368 g/mol. The minimum absolute atomic E-state index is 0.0176. The minimum atomic E-state index is -0.723. The summed E-state index contributed by atoms with van der Waals surface area (Å²) in [7, 11) is 0. The van der Waals surface area contributed by atoms with Crippen molar-refractivity contribution in [3.63, 3.8) is 0 Å². The van der Waals surface area contributed by atoms with Gasteiger partial charge in [-0.1, -0.05) is 25.1 Å². The van der Waals surface area contributed by atoms with Crippen molar-refractivity contribution in [1.29, 1.82) is 0 Å². The molecule has 1 saturated heterocycles. The molecule has 1 aromatic heterocycles. The van der Waals surface area contributed by atoms with E-state index in [9.17, 15) is 9.59 Å². The standard InChI is InChI=1S/C21H26N6O2/c1-2-13-8-4-5-9-15(13)23-20(29)14-12-16(28)24-19-17(14)18(22)25-21(26-19)27-10-6-3-7-11-27/h4-5,8-9,14H,2-3,6-7,10-12H2,1H3,(H,23,29)(H3,22,24,25,26,28)/t14-/m0/s1. The van der Waals surface area contributed by atoms with Crippen LogP contribution < -0.4 is 21.3 Å². The molecule has 2 aliphatic rings. The zero-order valence-corrected chi connectivity index (χ0v) is 16.6. The smallest absolute Gasteiger partial charge is 0.232 e. The van der Waals surface area contributed by atoms with Gasteiger partial charge in [0.05, 0.1) is 11.5 Å². The molecule has 0 saturated carbocycles. The lowest BCUT2D eigenvalue weighted by Gasteiger charge is -2.30. The van der Waals surface area contributed by atoms with Crippen molar-refractivity contribution in [2.75, 3.05) is 34.4 Å². The fourth-order valence-electron chi connectivity index (χ4n) is 4.01. The summed E-state index contributed by atoms with van der Waals surface area (Å²) in [5.41, 5.74) is 8.54. The van der Waals surface area contributed by atoms with Crippen LogP contribution in [0.1, 0.15) is 49.7 Å². The second-order valence-corrected chi connectivity index (χ2v) is 7.52. The van der Waals surface area contributed by atoms with Crippen molar-refractivity contribution >= 4 is 35.1 Å². The molecule has 1 atom stereocenters. The maximum absolute atomic E-state index is 13.1. The van der Waals surface area contributed by atoms with E-state index in [-0.39, 0.29) is 24.1 Å². The highest BCUT2D eigenvalue weighted by molar-refractivity contribution is 6.05. The lowest BCUT2D eigenvalue weighted by Crippen LogP contribution is -2.35. The SMILES string of the molecule is CCc1ccccc1NC(=O)[C@H]1CC(=O)Nc2nc(N3CCCCC3)nc(N)c21. The van der Waals surface area contributed by atoms with Crippen LogP contribution in [0.5, 0.6) is 0 Å². The molecule has 29 heavy (non-hydrogen) atoms. The van der Waals surface area contributed by atoms with Crippen molar-refractivity contribution in [2.45, 2.75) is 44.9 Å². The van der Waals surface area contributed by atoms with E-state index < -0.39 is 5.92 Å². The van der Waals surface area contributed by atoms with Gasteiger partial charge in [0.2, 0.25) is 17.8 Å².